The lowest BCUT2D eigenvalue weighted by Gasteiger charge is -2.07. The number of carboxylic acids is 1. The third-order valence-electron chi connectivity index (χ3n) is 2.60. The van der Waals surface area contributed by atoms with Gasteiger partial charge in [-0.3, -0.25) is 9.59 Å². The zero-order valence-electron chi connectivity index (χ0n) is 11.0. The average molecular weight is 281 g/mol. The fourth-order valence-electron chi connectivity index (χ4n) is 1.44. The second-order valence-electron chi connectivity index (χ2n) is 4.34. The van der Waals surface area contributed by atoms with Crippen LogP contribution < -0.4 is 5.32 Å². The molecule has 19 heavy (non-hydrogen) atoms. The van der Waals surface area contributed by atoms with Crippen LogP contribution in [0.4, 0.5) is 0 Å². The van der Waals surface area contributed by atoms with Gasteiger partial charge >= 0.3 is 5.97 Å². The van der Waals surface area contributed by atoms with Crippen molar-refractivity contribution >= 4 is 23.6 Å². The average Bonchev–Trinajstić information content (AvgIpc) is 2.39. The van der Waals surface area contributed by atoms with Crippen LogP contribution in [-0.4, -0.2) is 35.0 Å². The Labute approximate surface area is 117 Å². The van der Waals surface area contributed by atoms with Crippen molar-refractivity contribution in [1.82, 2.24) is 5.32 Å². The van der Waals surface area contributed by atoms with E-state index in [9.17, 15) is 9.59 Å². The second kappa shape index (κ2) is 8.58. The number of amides is 1. The molecule has 5 heteroatoms. The minimum atomic E-state index is -0.822. The highest BCUT2D eigenvalue weighted by molar-refractivity contribution is 7.99. The fraction of sp³-hybridized carbons (Fsp3) is 0.429. The van der Waals surface area contributed by atoms with E-state index in [0.29, 0.717) is 18.1 Å². The first-order chi connectivity index (χ1) is 9.09. The summed E-state index contributed by atoms with van der Waals surface area (Å²) in [6.07, 6.45) is 0.808. The van der Waals surface area contributed by atoms with E-state index in [2.05, 4.69) is 5.32 Å². The lowest BCUT2D eigenvalue weighted by atomic mass is 10.1. The quantitative estimate of drug-likeness (QED) is 0.762. The number of hydrogen-bond acceptors (Lipinski definition) is 3. The van der Waals surface area contributed by atoms with Gasteiger partial charge in [0.1, 0.15) is 0 Å². The largest absolute Gasteiger partial charge is 0.481 e. The molecule has 1 atom stereocenters. The van der Waals surface area contributed by atoms with Gasteiger partial charge in [0.05, 0.1) is 11.7 Å². The molecule has 0 heterocycles. The van der Waals surface area contributed by atoms with E-state index in [-0.39, 0.29) is 5.91 Å². The summed E-state index contributed by atoms with van der Waals surface area (Å²) in [5.41, 5.74) is 1.19. The van der Waals surface area contributed by atoms with Crippen LogP contribution in [0.2, 0.25) is 0 Å². The molecule has 0 bridgehead atoms. The summed E-state index contributed by atoms with van der Waals surface area (Å²) in [6, 6.07) is 9.95. The summed E-state index contributed by atoms with van der Waals surface area (Å²) < 4.78 is 0. The van der Waals surface area contributed by atoms with Crippen LogP contribution in [0.25, 0.3) is 0 Å². The molecule has 0 aromatic heterocycles. The van der Waals surface area contributed by atoms with Crippen LogP contribution in [0.3, 0.4) is 0 Å². The summed E-state index contributed by atoms with van der Waals surface area (Å²) in [4.78, 5) is 22.1. The molecule has 1 unspecified atom stereocenters. The van der Waals surface area contributed by atoms with Gasteiger partial charge in [-0.05, 0) is 12.0 Å². The van der Waals surface area contributed by atoms with Crippen LogP contribution in [0.15, 0.2) is 30.3 Å². The maximum absolute atomic E-state index is 11.5. The maximum atomic E-state index is 11.5. The van der Waals surface area contributed by atoms with E-state index < -0.39 is 11.9 Å². The van der Waals surface area contributed by atoms with Crippen molar-refractivity contribution in [2.75, 3.05) is 18.1 Å². The Morgan fingerprint density at radius 2 is 2.00 bits per heavy atom. The van der Waals surface area contributed by atoms with Crippen molar-refractivity contribution in [3.63, 3.8) is 0 Å². The molecular formula is C14H19NO3S. The molecule has 104 valence electrons. The number of thioether (sulfide) groups is 1. The summed E-state index contributed by atoms with van der Waals surface area (Å²) in [5, 5.41) is 11.5. The van der Waals surface area contributed by atoms with Gasteiger partial charge in [-0.1, -0.05) is 37.3 Å². The van der Waals surface area contributed by atoms with E-state index in [1.54, 1.807) is 6.92 Å². The zero-order valence-corrected chi connectivity index (χ0v) is 11.8. The highest BCUT2D eigenvalue weighted by Crippen LogP contribution is 2.07. The highest BCUT2D eigenvalue weighted by atomic mass is 32.2. The van der Waals surface area contributed by atoms with Crippen LogP contribution in [0.1, 0.15) is 12.5 Å². The molecule has 0 saturated heterocycles. The Hall–Kier alpha value is -1.49. The molecule has 0 fully saturated rings. The fourth-order valence-corrected chi connectivity index (χ4v) is 2.34. The first kappa shape index (κ1) is 15.6. The minimum absolute atomic E-state index is 0.0430. The van der Waals surface area contributed by atoms with E-state index in [0.717, 1.165) is 6.42 Å². The minimum Gasteiger partial charge on any atom is -0.481 e. The summed E-state index contributed by atoms with van der Waals surface area (Å²) in [7, 11) is 0. The number of hydrogen-bond donors (Lipinski definition) is 2. The first-order valence-corrected chi connectivity index (χ1v) is 7.36. The molecule has 0 spiro atoms. The van der Waals surface area contributed by atoms with Gasteiger partial charge in [-0.15, -0.1) is 0 Å². The van der Waals surface area contributed by atoms with Crippen LogP contribution >= 0.6 is 11.8 Å². The van der Waals surface area contributed by atoms with Gasteiger partial charge in [0.25, 0.3) is 0 Å². The van der Waals surface area contributed by atoms with Crippen molar-refractivity contribution in [2.24, 2.45) is 5.92 Å². The van der Waals surface area contributed by atoms with Crippen molar-refractivity contribution in [3.8, 4) is 0 Å². The number of carboxylic acid groups (broad SMARTS) is 1. The van der Waals surface area contributed by atoms with Crippen LogP contribution in [0.5, 0.6) is 0 Å². The number of benzene rings is 1. The smallest absolute Gasteiger partial charge is 0.307 e. The van der Waals surface area contributed by atoms with Crippen molar-refractivity contribution in [2.45, 2.75) is 13.3 Å². The van der Waals surface area contributed by atoms with Crippen molar-refractivity contribution < 1.29 is 14.7 Å². The number of rotatable bonds is 8. The molecule has 1 aromatic carbocycles. The highest BCUT2D eigenvalue weighted by Gasteiger charge is 2.11. The lowest BCUT2D eigenvalue weighted by Crippen LogP contribution is -2.27. The van der Waals surface area contributed by atoms with Crippen molar-refractivity contribution in [1.29, 1.82) is 0 Å². The monoisotopic (exact) mass is 281 g/mol. The normalized spacial score (nSPS) is 11.8. The SMILES string of the molecule is CC(CSCC(=O)NCCc1ccccc1)C(=O)O. The number of carbonyl (C=O) groups is 2. The second-order valence-corrected chi connectivity index (χ2v) is 5.37. The predicted octanol–water partition coefficient (Wildman–Crippen LogP) is 1.80. The Morgan fingerprint density at radius 3 is 2.63 bits per heavy atom. The Bertz CT molecular complexity index is 408. The molecule has 1 aromatic rings. The Balaban J connectivity index is 2.10. The molecule has 4 nitrogen and oxygen atoms in total. The van der Waals surface area contributed by atoms with Gasteiger partial charge < -0.3 is 10.4 Å². The molecule has 1 rings (SSSR count). The Kier molecular flexibility index (Phi) is 7.03. The van der Waals surface area contributed by atoms with Crippen molar-refractivity contribution in [3.05, 3.63) is 35.9 Å². The van der Waals surface area contributed by atoms with Gasteiger partial charge in [-0.2, -0.15) is 11.8 Å². The van der Waals surface area contributed by atoms with E-state index in [1.165, 1.54) is 17.3 Å². The van der Waals surface area contributed by atoms with Gasteiger partial charge in [-0.25, -0.2) is 0 Å². The molecule has 0 aliphatic carbocycles. The van der Waals surface area contributed by atoms with Crippen LogP contribution in [-0.2, 0) is 16.0 Å². The van der Waals surface area contributed by atoms with Gasteiger partial charge in [0, 0.05) is 12.3 Å². The summed E-state index contributed by atoms with van der Waals surface area (Å²) in [6.45, 7) is 2.25. The topological polar surface area (TPSA) is 66.4 Å². The third kappa shape index (κ3) is 6.86. The molecule has 0 aliphatic rings. The Morgan fingerprint density at radius 1 is 1.32 bits per heavy atom. The zero-order chi connectivity index (χ0) is 14.1. The summed E-state index contributed by atoms with van der Waals surface area (Å²) >= 11 is 1.35. The van der Waals surface area contributed by atoms with E-state index >= 15 is 0 Å². The molecule has 0 radical (unpaired) electrons. The third-order valence-corrected chi connectivity index (χ3v) is 3.80. The number of aliphatic carboxylic acids is 1. The van der Waals surface area contributed by atoms with Crippen LogP contribution in [0, 0.1) is 5.92 Å². The predicted molar refractivity (Wildman–Crippen MR) is 77.3 cm³/mol. The first-order valence-electron chi connectivity index (χ1n) is 6.20. The molecule has 0 aliphatic heterocycles. The van der Waals surface area contributed by atoms with Gasteiger partial charge in [0.15, 0.2) is 0 Å². The lowest BCUT2D eigenvalue weighted by molar-refractivity contribution is -0.140. The molecule has 1 amide bonds. The number of carbonyl (C=O) groups excluding carboxylic acids is 1. The van der Waals surface area contributed by atoms with E-state index in [4.69, 9.17) is 5.11 Å². The molecular weight excluding hydrogens is 262 g/mol. The molecule has 2 N–H and O–H groups in total. The van der Waals surface area contributed by atoms with Gasteiger partial charge in [0.2, 0.25) is 5.91 Å². The molecule has 0 saturated carbocycles. The number of nitrogens with one attached hydrogen (secondary N) is 1. The summed E-state index contributed by atoms with van der Waals surface area (Å²) in [5.74, 6) is -0.508. The maximum Gasteiger partial charge on any atom is 0.307 e. The van der Waals surface area contributed by atoms with E-state index in [1.807, 2.05) is 30.3 Å². The standard InChI is InChI=1S/C14H19NO3S/c1-11(14(17)18)9-19-10-13(16)15-8-7-12-5-3-2-4-6-12/h2-6,11H,7-10H2,1H3,(H,15,16)(H,17,18).